The minimum Gasteiger partial charge on any atom is -0.253 e. The molecule has 0 saturated heterocycles. The maximum atomic E-state index is 12.6. The SMILES string of the molecule is CCSc1cccnc1-c1ccn2nc(C(F)(F)F)nc2n1. The number of aromatic nitrogens is 5. The molecule has 0 amide bonds. The lowest BCUT2D eigenvalue weighted by Gasteiger charge is -2.06. The second-order valence-corrected chi connectivity index (χ2v) is 5.58. The van der Waals surface area contributed by atoms with Gasteiger partial charge in [-0.15, -0.1) is 16.9 Å². The number of hydrogen-bond acceptors (Lipinski definition) is 5. The Hall–Kier alpha value is -2.16. The van der Waals surface area contributed by atoms with Crippen molar-refractivity contribution < 1.29 is 13.2 Å². The maximum Gasteiger partial charge on any atom is 0.453 e. The van der Waals surface area contributed by atoms with Crippen molar-refractivity contribution in [2.45, 2.75) is 18.0 Å². The van der Waals surface area contributed by atoms with E-state index in [0.29, 0.717) is 11.4 Å². The lowest BCUT2D eigenvalue weighted by molar-refractivity contribution is -0.144. The highest BCUT2D eigenvalue weighted by molar-refractivity contribution is 7.99. The van der Waals surface area contributed by atoms with Crippen LogP contribution in [0.4, 0.5) is 13.2 Å². The van der Waals surface area contributed by atoms with Crippen LogP contribution in [0.5, 0.6) is 0 Å². The Morgan fingerprint density at radius 3 is 2.77 bits per heavy atom. The Labute approximate surface area is 127 Å². The van der Waals surface area contributed by atoms with Crippen molar-refractivity contribution in [3.05, 3.63) is 36.4 Å². The minimum absolute atomic E-state index is 0.108. The summed E-state index contributed by atoms with van der Waals surface area (Å²) < 4.78 is 38.9. The summed E-state index contributed by atoms with van der Waals surface area (Å²) in [6.07, 6.45) is -1.58. The van der Waals surface area contributed by atoms with Gasteiger partial charge < -0.3 is 0 Å². The second kappa shape index (κ2) is 5.56. The van der Waals surface area contributed by atoms with Gasteiger partial charge in [0.1, 0.15) is 5.69 Å². The third kappa shape index (κ3) is 2.76. The largest absolute Gasteiger partial charge is 0.453 e. The molecule has 9 heteroatoms. The lowest BCUT2D eigenvalue weighted by atomic mass is 10.2. The third-order valence-corrected chi connectivity index (χ3v) is 3.70. The molecular weight excluding hydrogens is 315 g/mol. The van der Waals surface area contributed by atoms with Crippen molar-refractivity contribution in [2.75, 3.05) is 5.75 Å². The molecule has 0 N–H and O–H groups in total. The van der Waals surface area contributed by atoms with Gasteiger partial charge in [0.05, 0.1) is 5.69 Å². The normalized spacial score (nSPS) is 12.0. The fourth-order valence-electron chi connectivity index (χ4n) is 1.88. The van der Waals surface area contributed by atoms with E-state index in [2.05, 4.69) is 20.1 Å². The Balaban J connectivity index is 2.09. The van der Waals surface area contributed by atoms with Crippen molar-refractivity contribution in [1.82, 2.24) is 24.6 Å². The van der Waals surface area contributed by atoms with Crippen LogP contribution in [0.1, 0.15) is 12.7 Å². The van der Waals surface area contributed by atoms with Crippen molar-refractivity contribution >= 4 is 17.5 Å². The lowest BCUT2D eigenvalue weighted by Crippen LogP contribution is -2.07. The Bertz CT molecular complexity index is 815. The summed E-state index contributed by atoms with van der Waals surface area (Å²) in [4.78, 5) is 12.7. The fraction of sp³-hybridized carbons (Fsp3) is 0.231. The molecule has 0 aliphatic carbocycles. The van der Waals surface area contributed by atoms with E-state index in [1.54, 1.807) is 30.1 Å². The van der Waals surface area contributed by atoms with Gasteiger partial charge in [-0.2, -0.15) is 18.2 Å². The summed E-state index contributed by atoms with van der Waals surface area (Å²) in [5.74, 6) is -0.464. The Morgan fingerprint density at radius 1 is 1.23 bits per heavy atom. The fourth-order valence-corrected chi connectivity index (χ4v) is 2.66. The average Bonchev–Trinajstić information content (AvgIpc) is 2.91. The number of rotatable bonds is 3. The molecule has 0 spiro atoms. The highest BCUT2D eigenvalue weighted by Crippen LogP contribution is 2.29. The molecular formula is C13H10F3N5S. The minimum atomic E-state index is -4.60. The van der Waals surface area contributed by atoms with Crippen molar-refractivity contribution in [3.8, 4) is 11.4 Å². The number of halogens is 3. The van der Waals surface area contributed by atoms with Crippen LogP contribution < -0.4 is 0 Å². The summed E-state index contributed by atoms with van der Waals surface area (Å²) in [6.45, 7) is 2.01. The molecule has 3 rings (SSSR count). The van der Waals surface area contributed by atoms with Crippen LogP contribution in [-0.2, 0) is 6.18 Å². The highest BCUT2D eigenvalue weighted by atomic mass is 32.2. The smallest absolute Gasteiger partial charge is 0.253 e. The zero-order valence-electron chi connectivity index (χ0n) is 11.4. The molecule has 22 heavy (non-hydrogen) atoms. The standard InChI is InChI=1S/C13H10F3N5S/c1-2-22-9-4-3-6-17-10(9)8-5-7-21-12(18-8)19-11(20-21)13(14,15)16/h3-7H,2H2,1H3. The first kappa shape index (κ1) is 14.8. The average molecular weight is 325 g/mol. The Kier molecular flexibility index (Phi) is 3.73. The van der Waals surface area contributed by atoms with E-state index in [0.717, 1.165) is 15.2 Å². The number of pyridine rings is 1. The van der Waals surface area contributed by atoms with Crippen LogP contribution in [0.2, 0.25) is 0 Å². The van der Waals surface area contributed by atoms with Gasteiger partial charge >= 0.3 is 6.18 Å². The van der Waals surface area contributed by atoms with Crippen molar-refractivity contribution in [3.63, 3.8) is 0 Å². The summed E-state index contributed by atoms with van der Waals surface area (Å²) >= 11 is 1.59. The van der Waals surface area contributed by atoms with Crippen molar-refractivity contribution in [1.29, 1.82) is 0 Å². The summed E-state index contributed by atoms with van der Waals surface area (Å²) in [5.41, 5.74) is 1.08. The molecule has 0 bridgehead atoms. The van der Waals surface area contributed by atoms with E-state index >= 15 is 0 Å². The van der Waals surface area contributed by atoms with Crippen LogP contribution in [-0.4, -0.2) is 30.3 Å². The van der Waals surface area contributed by atoms with E-state index in [9.17, 15) is 13.2 Å². The van der Waals surface area contributed by atoms with Gasteiger partial charge in [-0.1, -0.05) is 6.92 Å². The zero-order chi connectivity index (χ0) is 15.7. The van der Waals surface area contributed by atoms with Gasteiger partial charge in [0.15, 0.2) is 0 Å². The van der Waals surface area contributed by atoms with Gasteiger partial charge in [0.2, 0.25) is 0 Å². The van der Waals surface area contributed by atoms with E-state index in [4.69, 9.17) is 0 Å². The van der Waals surface area contributed by atoms with Crippen LogP contribution >= 0.6 is 11.8 Å². The first-order valence-electron chi connectivity index (χ1n) is 6.38. The van der Waals surface area contributed by atoms with Gasteiger partial charge in [-0.3, -0.25) is 4.98 Å². The first-order valence-corrected chi connectivity index (χ1v) is 7.36. The summed E-state index contributed by atoms with van der Waals surface area (Å²) in [6, 6.07) is 5.27. The molecule has 0 unspecified atom stereocenters. The third-order valence-electron chi connectivity index (χ3n) is 2.77. The number of thioether (sulfide) groups is 1. The Morgan fingerprint density at radius 2 is 2.05 bits per heavy atom. The molecule has 0 aliphatic rings. The van der Waals surface area contributed by atoms with E-state index < -0.39 is 12.0 Å². The number of fused-ring (bicyclic) bond motifs is 1. The topological polar surface area (TPSA) is 56.0 Å². The van der Waals surface area contributed by atoms with Crippen molar-refractivity contribution in [2.24, 2.45) is 0 Å². The molecule has 0 aromatic carbocycles. The van der Waals surface area contributed by atoms with Gasteiger partial charge in [-0.25, -0.2) is 9.50 Å². The van der Waals surface area contributed by atoms with Gasteiger partial charge in [-0.05, 0) is 24.0 Å². The molecule has 0 saturated carbocycles. The maximum absolute atomic E-state index is 12.6. The summed E-state index contributed by atoms with van der Waals surface area (Å²) in [5, 5.41) is 3.37. The first-order chi connectivity index (χ1) is 10.5. The van der Waals surface area contributed by atoms with E-state index in [1.807, 2.05) is 13.0 Å². The molecule has 0 fully saturated rings. The second-order valence-electron chi connectivity index (χ2n) is 4.27. The van der Waals surface area contributed by atoms with Gasteiger partial charge in [0.25, 0.3) is 11.6 Å². The molecule has 0 atom stereocenters. The number of hydrogen-bond donors (Lipinski definition) is 0. The van der Waals surface area contributed by atoms with E-state index in [1.165, 1.54) is 6.20 Å². The van der Waals surface area contributed by atoms with Crippen LogP contribution in [0.25, 0.3) is 17.2 Å². The van der Waals surface area contributed by atoms with E-state index in [-0.39, 0.29) is 5.78 Å². The molecule has 3 aromatic rings. The zero-order valence-corrected chi connectivity index (χ0v) is 12.2. The quantitative estimate of drug-likeness (QED) is 0.692. The highest BCUT2D eigenvalue weighted by Gasteiger charge is 2.36. The molecule has 0 aliphatic heterocycles. The number of alkyl halides is 3. The van der Waals surface area contributed by atoms with Crippen LogP contribution in [0.15, 0.2) is 35.5 Å². The molecule has 0 radical (unpaired) electrons. The predicted molar refractivity (Wildman–Crippen MR) is 75.4 cm³/mol. The molecule has 114 valence electrons. The summed E-state index contributed by atoms with van der Waals surface area (Å²) in [7, 11) is 0. The molecule has 3 aromatic heterocycles. The monoisotopic (exact) mass is 325 g/mol. The van der Waals surface area contributed by atoms with Crippen LogP contribution in [0, 0.1) is 0 Å². The van der Waals surface area contributed by atoms with Crippen LogP contribution in [0.3, 0.4) is 0 Å². The predicted octanol–water partition coefficient (Wildman–Crippen LogP) is 3.32. The molecule has 3 heterocycles. The van der Waals surface area contributed by atoms with Gasteiger partial charge in [0, 0.05) is 17.3 Å². The number of nitrogens with zero attached hydrogens (tertiary/aromatic N) is 5. The molecule has 5 nitrogen and oxygen atoms in total.